The molecule has 1 amide bonds. The highest BCUT2D eigenvalue weighted by atomic mass is 35.5. The second-order valence-corrected chi connectivity index (χ2v) is 4.78. The maximum absolute atomic E-state index is 11.7. The lowest BCUT2D eigenvalue weighted by molar-refractivity contribution is -0.132. The Balaban J connectivity index is 1.94. The van der Waals surface area contributed by atoms with E-state index in [9.17, 15) is 4.79 Å². The topological polar surface area (TPSA) is 92.2 Å². The summed E-state index contributed by atoms with van der Waals surface area (Å²) in [5.74, 6) is -0.00127. The van der Waals surface area contributed by atoms with Gasteiger partial charge in [0.15, 0.2) is 6.61 Å². The molecular formula is C14H13ClN4O3. The first kappa shape index (κ1) is 15.8. The highest BCUT2D eigenvalue weighted by Gasteiger charge is 2.15. The van der Waals surface area contributed by atoms with E-state index in [0.717, 1.165) is 0 Å². The third kappa shape index (κ3) is 3.96. The van der Waals surface area contributed by atoms with E-state index in [1.165, 1.54) is 4.90 Å². The average Bonchev–Trinajstić information content (AvgIpc) is 2.99. The monoisotopic (exact) mass is 320 g/mol. The summed E-state index contributed by atoms with van der Waals surface area (Å²) in [4.78, 5) is 17.2. The van der Waals surface area contributed by atoms with Crippen molar-refractivity contribution < 1.29 is 14.1 Å². The Morgan fingerprint density at radius 2 is 2.27 bits per heavy atom. The average molecular weight is 321 g/mol. The zero-order chi connectivity index (χ0) is 15.9. The summed E-state index contributed by atoms with van der Waals surface area (Å²) in [5.41, 5.74) is 0.611. The number of hydrogen-bond acceptors (Lipinski definition) is 6. The van der Waals surface area contributed by atoms with Gasteiger partial charge in [-0.3, -0.25) is 9.32 Å². The van der Waals surface area contributed by atoms with Crippen LogP contribution >= 0.6 is 11.6 Å². The molecule has 0 saturated carbocycles. The predicted molar refractivity (Wildman–Crippen MR) is 78.1 cm³/mol. The van der Waals surface area contributed by atoms with Gasteiger partial charge in [-0.15, -0.1) is 0 Å². The Morgan fingerprint density at radius 1 is 1.50 bits per heavy atom. The smallest absolute Gasteiger partial charge is 0.418 e. The second kappa shape index (κ2) is 7.43. The van der Waals surface area contributed by atoms with Crippen LogP contribution < -0.4 is 4.74 Å². The van der Waals surface area contributed by atoms with Crippen LogP contribution in [0, 0.1) is 11.3 Å². The molecule has 0 fully saturated rings. The summed E-state index contributed by atoms with van der Waals surface area (Å²) in [6, 6.07) is 9.01. The molecule has 1 aromatic carbocycles. The molecule has 0 saturated heterocycles. The number of nitriles is 1. The highest BCUT2D eigenvalue weighted by molar-refractivity contribution is 6.33. The van der Waals surface area contributed by atoms with E-state index in [4.69, 9.17) is 26.1 Å². The summed E-state index contributed by atoms with van der Waals surface area (Å²) in [7, 11) is 1.59. The standard InChI is InChI=1S/C14H13ClN4O3/c1-19(8-4-7-16)12(20)9-21-14-17-13(18-22-14)10-5-2-3-6-11(10)15/h2-3,5-6H,4,8-9H2,1H3. The van der Waals surface area contributed by atoms with Crippen LogP contribution in [0.1, 0.15) is 6.42 Å². The van der Waals surface area contributed by atoms with Crippen molar-refractivity contribution >= 4 is 17.5 Å². The number of aromatic nitrogens is 2. The van der Waals surface area contributed by atoms with Gasteiger partial charge in [0.25, 0.3) is 5.91 Å². The van der Waals surface area contributed by atoms with Gasteiger partial charge in [0.1, 0.15) is 0 Å². The fourth-order valence-electron chi connectivity index (χ4n) is 1.60. The summed E-state index contributed by atoms with van der Waals surface area (Å²) in [6.07, 6.45) is 0.149. The van der Waals surface area contributed by atoms with Crippen LogP contribution in [-0.2, 0) is 4.79 Å². The molecule has 22 heavy (non-hydrogen) atoms. The minimum absolute atomic E-state index is 0.114. The second-order valence-electron chi connectivity index (χ2n) is 4.38. The molecule has 0 unspecified atom stereocenters. The first-order valence-corrected chi connectivity index (χ1v) is 6.82. The van der Waals surface area contributed by atoms with Crippen LogP contribution in [0.4, 0.5) is 0 Å². The lowest BCUT2D eigenvalue weighted by Gasteiger charge is -2.14. The molecule has 0 spiro atoms. The van der Waals surface area contributed by atoms with E-state index in [1.807, 2.05) is 6.07 Å². The van der Waals surface area contributed by atoms with Gasteiger partial charge >= 0.3 is 6.08 Å². The van der Waals surface area contributed by atoms with E-state index in [0.29, 0.717) is 17.1 Å². The Morgan fingerprint density at radius 3 is 3.00 bits per heavy atom. The maximum atomic E-state index is 11.7. The molecule has 8 heteroatoms. The molecule has 0 N–H and O–H groups in total. The number of carbonyl (C=O) groups is 1. The third-order valence-electron chi connectivity index (χ3n) is 2.83. The first-order chi connectivity index (χ1) is 10.6. The van der Waals surface area contributed by atoms with Crippen molar-refractivity contribution in [2.24, 2.45) is 0 Å². The van der Waals surface area contributed by atoms with E-state index in [1.54, 1.807) is 31.3 Å². The number of ether oxygens (including phenoxy) is 1. The SMILES string of the molecule is CN(CCC#N)C(=O)COc1nc(-c2ccccc2Cl)no1. The van der Waals surface area contributed by atoms with Gasteiger partial charge in [0.2, 0.25) is 5.82 Å². The fraction of sp³-hybridized carbons (Fsp3) is 0.286. The quantitative estimate of drug-likeness (QED) is 0.809. The molecule has 2 rings (SSSR count). The minimum Gasteiger partial charge on any atom is -0.439 e. The van der Waals surface area contributed by atoms with E-state index < -0.39 is 0 Å². The Kier molecular flexibility index (Phi) is 5.33. The number of likely N-dealkylation sites (N-methyl/N-ethyl adjacent to an activating group) is 1. The normalized spacial score (nSPS) is 10.0. The lowest BCUT2D eigenvalue weighted by atomic mass is 10.2. The van der Waals surface area contributed by atoms with Crippen molar-refractivity contribution in [2.45, 2.75) is 6.42 Å². The number of halogens is 1. The zero-order valence-electron chi connectivity index (χ0n) is 11.8. The van der Waals surface area contributed by atoms with Gasteiger partial charge in [-0.25, -0.2) is 0 Å². The van der Waals surface area contributed by atoms with Crippen LogP contribution in [0.2, 0.25) is 5.02 Å². The van der Waals surface area contributed by atoms with Crippen molar-refractivity contribution in [3.8, 4) is 23.5 Å². The summed E-state index contributed by atoms with van der Waals surface area (Å²) >= 11 is 6.04. The van der Waals surface area contributed by atoms with Gasteiger partial charge in [-0.05, 0) is 12.1 Å². The molecule has 1 aromatic heterocycles. The lowest BCUT2D eigenvalue weighted by Crippen LogP contribution is -2.32. The van der Waals surface area contributed by atoms with Crippen molar-refractivity contribution in [3.05, 3.63) is 29.3 Å². The van der Waals surface area contributed by atoms with E-state index in [-0.39, 0.29) is 30.8 Å². The van der Waals surface area contributed by atoms with Gasteiger partial charge in [0.05, 0.1) is 17.5 Å². The van der Waals surface area contributed by atoms with Crippen molar-refractivity contribution in [3.63, 3.8) is 0 Å². The van der Waals surface area contributed by atoms with Crippen molar-refractivity contribution in [1.29, 1.82) is 5.26 Å². The fourth-order valence-corrected chi connectivity index (χ4v) is 1.82. The molecular weight excluding hydrogens is 308 g/mol. The Bertz CT molecular complexity index is 695. The molecule has 0 aliphatic rings. The molecule has 7 nitrogen and oxygen atoms in total. The number of benzene rings is 1. The van der Waals surface area contributed by atoms with Crippen molar-refractivity contribution in [2.75, 3.05) is 20.2 Å². The predicted octanol–water partition coefficient (Wildman–Crippen LogP) is 2.14. The number of amides is 1. The number of hydrogen-bond donors (Lipinski definition) is 0. The number of carbonyl (C=O) groups excluding carboxylic acids is 1. The van der Waals surface area contributed by atoms with E-state index in [2.05, 4.69) is 10.1 Å². The van der Waals surface area contributed by atoms with E-state index >= 15 is 0 Å². The molecule has 0 aliphatic heterocycles. The van der Waals surface area contributed by atoms with Crippen LogP contribution in [-0.4, -0.2) is 41.1 Å². The van der Waals surface area contributed by atoms with Gasteiger partial charge < -0.3 is 9.64 Å². The van der Waals surface area contributed by atoms with Crippen LogP contribution in [0.15, 0.2) is 28.8 Å². The molecule has 0 aliphatic carbocycles. The van der Waals surface area contributed by atoms with Crippen LogP contribution in [0.5, 0.6) is 6.08 Å². The third-order valence-corrected chi connectivity index (χ3v) is 3.16. The number of nitrogens with zero attached hydrogens (tertiary/aromatic N) is 4. The number of rotatable bonds is 6. The zero-order valence-corrected chi connectivity index (χ0v) is 12.6. The molecule has 0 radical (unpaired) electrons. The summed E-state index contributed by atoms with van der Waals surface area (Å²) < 4.78 is 10.1. The molecule has 0 atom stereocenters. The molecule has 1 heterocycles. The largest absolute Gasteiger partial charge is 0.439 e. The summed E-state index contributed by atoms with van der Waals surface area (Å²) in [5, 5.41) is 12.7. The molecule has 114 valence electrons. The Hall–Kier alpha value is -2.59. The molecule has 2 aromatic rings. The Labute approximate surface area is 132 Å². The minimum atomic E-state index is -0.284. The first-order valence-electron chi connectivity index (χ1n) is 6.44. The van der Waals surface area contributed by atoms with Crippen LogP contribution in [0.3, 0.4) is 0 Å². The van der Waals surface area contributed by atoms with Crippen LogP contribution in [0.25, 0.3) is 11.4 Å². The van der Waals surface area contributed by atoms with Crippen molar-refractivity contribution in [1.82, 2.24) is 15.0 Å². The van der Waals surface area contributed by atoms with Gasteiger partial charge in [0, 0.05) is 19.2 Å². The van der Waals surface area contributed by atoms with Gasteiger partial charge in [-0.1, -0.05) is 28.9 Å². The maximum Gasteiger partial charge on any atom is 0.418 e. The highest BCUT2D eigenvalue weighted by Crippen LogP contribution is 2.26. The molecule has 0 bridgehead atoms. The van der Waals surface area contributed by atoms with Gasteiger partial charge in [-0.2, -0.15) is 10.2 Å². The summed E-state index contributed by atoms with van der Waals surface area (Å²) in [6.45, 7) is 0.0967.